The Morgan fingerprint density at radius 1 is 1.19 bits per heavy atom. The lowest BCUT2D eigenvalue weighted by atomic mass is 10.0. The van der Waals surface area contributed by atoms with Crippen molar-refractivity contribution in [1.29, 1.82) is 0 Å². The van der Waals surface area contributed by atoms with Crippen LogP contribution in [0.4, 0.5) is 0 Å². The minimum absolute atomic E-state index is 0.374. The molecule has 0 saturated carbocycles. The summed E-state index contributed by atoms with van der Waals surface area (Å²) < 4.78 is 5.74. The van der Waals surface area contributed by atoms with Crippen molar-refractivity contribution in [2.24, 2.45) is 0 Å². The van der Waals surface area contributed by atoms with Crippen molar-refractivity contribution in [2.45, 2.75) is 43.0 Å². The van der Waals surface area contributed by atoms with E-state index in [1.165, 1.54) is 37.7 Å². The van der Waals surface area contributed by atoms with Crippen molar-refractivity contribution in [1.82, 2.24) is 0 Å². The van der Waals surface area contributed by atoms with Gasteiger partial charge in [0.05, 0.1) is 10.9 Å². The Kier molecular flexibility index (Phi) is 3.03. The van der Waals surface area contributed by atoms with E-state index in [1.807, 2.05) is 0 Å². The first-order chi connectivity index (χ1) is 7.84. The first-order valence-corrected chi connectivity index (χ1v) is 7.13. The molecule has 3 rings (SSSR count). The summed E-state index contributed by atoms with van der Waals surface area (Å²) in [6, 6.07) is 6.95. The second kappa shape index (κ2) is 4.50. The van der Waals surface area contributed by atoms with Crippen LogP contribution in [0.25, 0.3) is 0 Å². The Bertz CT molecular complexity index is 382. The molecule has 0 bridgehead atoms. The SMILES string of the molecule is BrC(c1ccc2c(c1)CCC2)C1CCCO1. The van der Waals surface area contributed by atoms with E-state index in [0.29, 0.717) is 10.9 Å². The monoisotopic (exact) mass is 280 g/mol. The molecule has 86 valence electrons. The minimum Gasteiger partial charge on any atom is -0.377 e. The molecule has 0 aromatic heterocycles. The summed E-state index contributed by atoms with van der Waals surface area (Å²) in [6.45, 7) is 0.928. The van der Waals surface area contributed by atoms with Crippen molar-refractivity contribution < 1.29 is 4.74 Å². The van der Waals surface area contributed by atoms with Crippen LogP contribution < -0.4 is 0 Å². The highest BCUT2D eigenvalue weighted by Gasteiger charge is 2.25. The molecule has 2 heteroatoms. The Hall–Kier alpha value is -0.340. The van der Waals surface area contributed by atoms with Crippen molar-refractivity contribution in [3.63, 3.8) is 0 Å². The van der Waals surface area contributed by atoms with Crippen molar-refractivity contribution in [3.8, 4) is 0 Å². The van der Waals surface area contributed by atoms with Gasteiger partial charge in [0.15, 0.2) is 0 Å². The van der Waals surface area contributed by atoms with Crippen LogP contribution in [0.3, 0.4) is 0 Å². The van der Waals surface area contributed by atoms with Gasteiger partial charge in [0, 0.05) is 6.61 Å². The number of ether oxygens (including phenoxy) is 1. The molecule has 0 amide bonds. The average molecular weight is 281 g/mol. The van der Waals surface area contributed by atoms with Crippen LogP contribution in [0.2, 0.25) is 0 Å². The second-order valence-electron chi connectivity index (χ2n) is 4.83. The van der Waals surface area contributed by atoms with E-state index in [1.54, 1.807) is 11.1 Å². The smallest absolute Gasteiger partial charge is 0.0741 e. The van der Waals surface area contributed by atoms with Gasteiger partial charge in [-0.3, -0.25) is 0 Å². The molecule has 1 nitrogen and oxygen atoms in total. The highest BCUT2D eigenvalue weighted by atomic mass is 79.9. The zero-order valence-electron chi connectivity index (χ0n) is 9.42. The summed E-state index contributed by atoms with van der Waals surface area (Å²) in [5.41, 5.74) is 4.50. The normalized spacial score (nSPS) is 25.7. The number of alkyl halides is 1. The summed E-state index contributed by atoms with van der Waals surface area (Å²) in [5, 5.41) is 0. The largest absolute Gasteiger partial charge is 0.377 e. The van der Waals surface area contributed by atoms with Crippen LogP contribution in [0.1, 0.15) is 40.8 Å². The lowest BCUT2D eigenvalue weighted by Gasteiger charge is -2.18. The molecule has 0 N–H and O–H groups in total. The Balaban J connectivity index is 1.83. The number of halogens is 1. The fraction of sp³-hybridized carbons (Fsp3) is 0.571. The zero-order chi connectivity index (χ0) is 11.0. The number of aryl methyl sites for hydroxylation is 2. The summed E-state index contributed by atoms with van der Waals surface area (Å²) in [6.07, 6.45) is 6.62. The zero-order valence-corrected chi connectivity index (χ0v) is 11.0. The average Bonchev–Trinajstić information content (AvgIpc) is 2.98. The maximum absolute atomic E-state index is 5.74. The molecule has 1 saturated heterocycles. The van der Waals surface area contributed by atoms with Crippen LogP contribution in [-0.4, -0.2) is 12.7 Å². The van der Waals surface area contributed by atoms with E-state index in [0.717, 1.165) is 6.61 Å². The molecule has 1 fully saturated rings. The van der Waals surface area contributed by atoms with E-state index in [4.69, 9.17) is 4.74 Å². The molecular formula is C14H17BrO. The third-order valence-electron chi connectivity index (χ3n) is 3.73. The van der Waals surface area contributed by atoms with Crippen LogP contribution >= 0.6 is 15.9 Å². The first-order valence-electron chi connectivity index (χ1n) is 6.22. The van der Waals surface area contributed by atoms with E-state index in [2.05, 4.69) is 34.1 Å². The topological polar surface area (TPSA) is 9.23 Å². The highest BCUT2D eigenvalue weighted by Crippen LogP contribution is 2.35. The predicted molar refractivity (Wildman–Crippen MR) is 69.1 cm³/mol. The van der Waals surface area contributed by atoms with Gasteiger partial charge in [0.25, 0.3) is 0 Å². The van der Waals surface area contributed by atoms with Gasteiger partial charge in [0.1, 0.15) is 0 Å². The fourth-order valence-corrected chi connectivity index (χ4v) is 3.51. The third-order valence-corrected chi connectivity index (χ3v) is 4.85. The molecule has 0 spiro atoms. The van der Waals surface area contributed by atoms with E-state index in [9.17, 15) is 0 Å². The first kappa shape index (κ1) is 10.8. The number of hydrogen-bond acceptors (Lipinski definition) is 1. The molecule has 2 aliphatic rings. The van der Waals surface area contributed by atoms with Gasteiger partial charge >= 0.3 is 0 Å². The summed E-state index contributed by atoms with van der Waals surface area (Å²) in [7, 11) is 0. The minimum atomic E-state index is 0.374. The van der Waals surface area contributed by atoms with Gasteiger partial charge in [-0.2, -0.15) is 0 Å². The maximum atomic E-state index is 5.74. The second-order valence-corrected chi connectivity index (χ2v) is 5.82. The molecule has 1 aliphatic carbocycles. The quantitative estimate of drug-likeness (QED) is 0.749. The Morgan fingerprint density at radius 3 is 2.88 bits per heavy atom. The van der Waals surface area contributed by atoms with E-state index >= 15 is 0 Å². The summed E-state index contributed by atoms with van der Waals surface area (Å²) >= 11 is 3.80. The van der Waals surface area contributed by atoms with Crippen molar-refractivity contribution in [3.05, 3.63) is 34.9 Å². The summed E-state index contributed by atoms with van der Waals surface area (Å²) in [4.78, 5) is 0.376. The van der Waals surface area contributed by atoms with Crippen LogP contribution in [0.15, 0.2) is 18.2 Å². The predicted octanol–water partition coefficient (Wildman–Crippen LogP) is 3.79. The standard InChI is InChI=1S/C14H17BrO/c15-14(13-5-2-8-16-13)12-7-6-10-3-1-4-11(10)9-12/h6-7,9,13-14H,1-5,8H2. The Morgan fingerprint density at radius 2 is 2.06 bits per heavy atom. The van der Waals surface area contributed by atoms with E-state index < -0.39 is 0 Å². The van der Waals surface area contributed by atoms with Crippen molar-refractivity contribution in [2.75, 3.05) is 6.61 Å². The van der Waals surface area contributed by atoms with E-state index in [-0.39, 0.29) is 0 Å². The lowest BCUT2D eigenvalue weighted by molar-refractivity contribution is 0.110. The molecule has 16 heavy (non-hydrogen) atoms. The molecule has 0 radical (unpaired) electrons. The van der Waals surface area contributed by atoms with Crippen LogP contribution in [0.5, 0.6) is 0 Å². The van der Waals surface area contributed by atoms with Crippen LogP contribution in [0, 0.1) is 0 Å². The van der Waals surface area contributed by atoms with Gasteiger partial charge < -0.3 is 4.74 Å². The van der Waals surface area contributed by atoms with Crippen LogP contribution in [-0.2, 0) is 17.6 Å². The molecule has 2 atom stereocenters. The number of hydrogen-bond donors (Lipinski definition) is 0. The molecule has 1 heterocycles. The lowest BCUT2D eigenvalue weighted by Crippen LogP contribution is -2.12. The highest BCUT2D eigenvalue weighted by molar-refractivity contribution is 9.09. The maximum Gasteiger partial charge on any atom is 0.0741 e. The number of rotatable bonds is 2. The third kappa shape index (κ3) is 1.93. The Labute approximate surface area is 105 Å². The van der Waals surface area contributed by atoms with Gasteiger partial charge in [0.2, 0.25) is 0 Å². The van der Waals surface area contributed by atoms with Gasteiger partial charge in [-0.1, -0.05) is 34.1 Å². The summed E-state index contributed by atoms with van der Waals surface area (Å²) in [5.74, 6) is 0. The van der Waals surface area contributed by atoms with Gasteiger partial charge in [-0.15, -0.1) is 0 Å². The number of benzene rings is 1. The van der Waals surface area contributed by atoms with Crippen molar-refractivity contribution >= 4 is 15.9 Å². The molecule has 1 aromatic rings. The molecule has 1 aromatic carbocycles. The number of fused-ring (bicyclic) bond motifs is 1. The van der Waals surface area contributed by atoms with Gasteiger partial charge in [-0.25, -0.2) is 0 Å². The molecular weight excluding hydrogens is 264 g/mol. The molecule has 1 aliphatic heterocycles. The fourth-order valence-electron chi connectivity index (χ4n) is 2.81. The van der Waals surface area contributed by atoms with Gasteiger partial charge in [-0.05, 0) is 48.8 Å². The molecule has 2 unspecified atom stereocenters.